The number of carbonyl (C=O) groups is 3. The molecule has 1 saturated heterocycles. The highest BCUT2D eigenvalue weighted by atomic mass is 16.6. The quantitative estimate of drug-likeness (QED) is 0.587. The number of benzene rings is 2. The van der Waals surface area contributed by atoms with Crippen LogP contribution in [0.3, 0.4) is 0 Å². The van der Waals surface area contributed by atoms with Crippen molar-refractivity contribution in [3.05, 3.63) is 65.7 Å². The van der Waals surface area contributed by atoms with Crippen LogP contribution in [0.5, 0.6) is 0 Å². The molecular weight excluding hydrogens is 418 g/mol. The second-order valence-corrected chi connectivity index (χ2v) is 9.27. The molecule has 0 radical (unpaired) electrons. The van der Waals surface area contributed by atoms with Crippen molar-refractivity contribution in [2.24, 2.45) is 11.8 Å². The van der Waals surface area contributed by atoms with Gasteiger partial charge >= 0.3 is 6.09 Å². The van der Waals surface area contributed by atoms with Gasteiger partial charge in [-0.05, 0) is 35.1 Å². The normalized spacial score (nSPS) is 17.9. The molecule has 3 amide bonds. The van der Waals surface area contributed by atoms with Crippen LogP contribution in [0.25, 0.3) is 0 Å². The van der Waals surface area contributed by atoms with E-state index in [-0.39, 0.29) is 30.2 Å². The molecule has 0 aliphatic carbocycles. The van der Waals surface area contributed by atoms with Gasteiger partial charge in [-0.1, -0.05) is 70.2 Å². The molecule has 0 aromatic heterocycles. The van der Waals surface area contributed by atoms with Crippen molar-refractivity contribution in [3.8, 4) is 0 Å². The van der Waals surface area contributed by atoms with Gasteiger partial charge in [0, 0.05) is 18.7 Å². The molecule has 176 valence electrons. The van der Waals surface area contributed by atoms with Crippen LogP contribution in [0.2, 0.25) is 0 Å². The van der Waals surface area contributed by atoms with Gasteiger partial charge in [-0.15, -0.1) is 0 Å². The number of amides is 3. The van der Waals surface area contributed by atoms with Gasteiger partial charge in [0.15, 0.2) is 12.1 Å². The smallest absolute Gasteiger partial charge is 0.411 e. The predicted octanol–water partition coefficient (Wildman–Crippen LogP) is 4.51. The monoisotopic (exact) mass is 451 g/mol. The van der Waals surface area contributed by atoms with Gasteiger partial charge in [0.2, 0.25) is 11.8 Å². The van der Waals surface area contributed by atoms with Crippen LogP contribution in [-0.2, 0) is 20.9 Å². The minimum absolute atomic E-state index is 0.0810. The van der Waals surface area contributed by atoms with Gasteiger partial charge in [-0.25, -0.2) is 4.79 Å². The van der Waals surface area contributed by atoms with Crippen molar-refractivity contribution in [1.82, 2.24) is 10.2 Å². The van der Waals surface area contributed by atoms with Gasteiger partial charge in [-0.3, -0.25) is 14.5 Å². The van der Waals surface area contributed by atoms with Gasteiger partial charge in [0.25, 0.3) is 0 Å². The third-order valence-corrected chi connectivity index (χ3v) is 5.33. The van der Waals surface area contributed by atoms with E-state index in [4.69, 9.17) is 4.74 Å². The number of nitrogens with one attached hydrogen (secondary N) is 2. The highest BCUT2D eigenvalue weighted by Gasteiger charge is 2.47. The van der Waals surface area contributed by atoms with Crippen molar-refractivity contribution in [3.63, 3.8) is 0 Å². The maximum absolute atomic E-state index is 13.2. The number of hydrogen-bond acceptors (Lipinski definition) is 4. The number of ether oxygens (including phenoxy) is 1. The number of nitrogens with zero attached hydrogens (tertiary/aromatic N) is 1. The Bertz CT molecular complexity index is 975. The molecule has 33 heavy (non-hydrogen) atoms. The first-order chi connectivity index (χ1) is 15.7. The Balaban J connectivity index is 1.87. The van der Waals surface area contributed by atoms with Gasteiger partial charge < -0.3 is 15.4 Å². The minimum Gasteiger partial charge on any atom is -0.438 e. The molecule has 2 unspecified atom stereocenters. The number of cyclic esters (lactones) is 1. The number of rotatable bonds is 9. The first kappa shape index (κ1) is 24.3. The lowest BCUT2D eigenvalue weighted by molar-refractivity contribution is -0.126. The first-order valence-corrected chi connectivity index (χ1v) is 11.4. The molecule has 7 nitrogen and oxygen atoms in total. The van der Waals surface area contributed by atoms with E-state index < -0.39 is 18.2 Å². The zero-order valence-electron chi connectivity index (χ0n) is 19.7. The van der Waals surface area contributed by atoms with Crippen molar-refractivity contribution in [2.45, 2.75) is 52.8 Å². The third-order valence-electron chi connectivity index (χ3n) is 5.33. The summed E-state index contributed by atoms with van der Waals surface area (Å²) in [5.74, 6) is 0.171. The Labute approximate surface area is 195 Å². The molecule has 7 heteroatoms. The summed E-state index contributed by atoms with van der Waals surface area (Å²) < 4.78 is 5.71. The molecule has 1 fully saturated rings. The fraction of sp³-hybridized carbons (Fsp3) is 0.423. The van der Waals surface area contributed by atoms with Gasteiger partial charge in [-0.2, -0.15) is 0 Å². The van der Waals surface area contributed by atoms with Gasteiger partial charge in [0.05, 0.1) is 6.54 Å². The molecule has 1 heterocycles. The van der Waals surface area contributed by atoms with E-state index in [9.17, 15) is 14.4 Å². The summed E-state index contributed by atoms with van der Waals surface area (Å²) in [4.78, 5) is 39.7. The Morgan fingerprint density at radius 1 is 1.00 bits per heavy atom. The summed E-state index contributed by atoms with van der Waals surface area (Å²) >= 11 is 0. The maximum atomic E-state index is 13.2. The van der Waals surface area contributed by atoms with Crippen LogP contribution < -0.4 is 10.6 Å². The average molecular weight is 452 g/mol. The van der Waals surface area contributed by atoms with E-state index in [2.05, 4.69) is 10.6 Å². The molecule has 0 saturated carbocycles. The van der Waals surface area contributed by atoms with E-state index in [0.29, 0.717) is 24.2 Å². The zero-order chi connectivity index (χ0) is 24.0. The number of anilines is 1. The Kier molecular flexibility index (Phi) is 8.09. The lowest BCUT2D eigenvalue weighted by atomic mass is 9.99. The highest BCUT2D eigenvalue weighted by Crippen LogP contribution is 2.35. The van der Waals surface area contributed by atoms with Crippen LogP contribution in [0, 0.1) is 11.8 Å². The second-order valence-electron chi connectivity index (χ2n) is 9.27. The van der Waals surface area contributed by atoms with E-state index in [1.54, 1.807) is 18.2 Å². The summed E-state index contributed by atoms with van der Waals surface area (Å²) in [5.41, 5.74) is 2.18. The van der Waals surface area contributed by atoms with E-state index in [1.807, 2.05) is 64.1 Å². The first-order valence-electron chi connectivity index (χ1n) is 11.4. The molecule has 0 bridgehead atoms. The minimum atomic E-state index is -0.821. The maximum Gasteiger partial charge on any atom is 0.411 e. The largest absolute Gasteiger partial charge is 0.438 e. The van der Waals surface area contributed by atoms with E-state index in [0.717, 1.165) is 5.56 Å². The highest BCUT2D eigenvalue weighted by molar-refractivity contribution is 5.91. The summed E-state index contributed by atoms with van der Waals surface area (Å²) in [6.07, 6.45) is -0.911. The molecule has 2 atom stereocenters. The lowest BCUT2D eigenvalue weighted by Crippen LogP contribution is -2.47. The molecule has 3 rings (SSSR count). The Morgan fingerprint density at radius 3 is 2.39 bits per heavy atom. The molecule has 0 spiro atoms. The SMILES string of the molecule is CC(C)CNC(=O)C1C(c2cccc(NC(=O)CC(C)C)c2)OC(=O)N1Cc1ccccc1. The van der Waals surface area contributed by atoms with Crippen molar-refractivity contribution < 1.29 is 19.1 Å². The topological polar surface area (TPSA) is 87.7 Å². The standard InChI is InChI=1S/C26H33N3O4/c1-17(2)13-22(30)28-21-12-8-11-20(14-21)24-23(25(31)27-15-18(3)4)29(26(32)33-24)16-19-9-6-5-7-10-19/h5-12,14,17-18,23-24H,13,15-16H2,1-4H3,(H,27,31)(H,28,30). The molecule has 2 aromatic rings. The number of carbonyl (C=O) groups excluding carboxylic acids is 3. The predicted molar refractivity (Wildman–Crippen MR) is 127 cm³/mol. The van der Waals surface area contributed by atoms with Crippen LogP contribution in [0.1, 0.15) is 51.3 Å². The fourth-order valence-electron chi connectivity index (χ4n) is 3.78. The van der Waals surface area contributed by atoms with Crippen molar-refractivity contribution >= 4 is 23.6 Å². The van der Waals surface area contributed by atoms with Crippen LogP contribution >= 0.6 is 0 Å². The van der Waals surface area contributed by atoms with Crippen LogP contribution in [0.4, 0.5) is 10.5 Å². The van der Waals surface area contributed by atoms with E-state index >= 15 is 0 Å². The number of hydrogen-bond donors (Lipinski definition) is 2. The van der Waals surface area contributed by atoms with E-state index in [1.165, 1.54) is 4.90 Å². The van der Waals surface area contributed by atoms with Crippen molar-refractivity contribution in [2.75, 3.05) is 11.9 Å². The summed E-state index contributed by atoms with van der Waals surface area (Å²) in [5, 5.41) is 5.84. The summed E-state index contributed by atoms with van der Waals surface area (Å²) in [6.45, 7) is 8.76. The van der Waals surface area contributed by atoms with Gasteiger partial charge in [0.1, 0.15) is 0 Å². The van der Waals surface area contributed by atoms with Crippen LogP contribution in [0.15, 0.2) is 54.6 Å². The molecule has 1 aliphatic rings. The average Bonchev–Trinajstić information content (AvgIpc) is 3.08. The lowest BCUT2D eigenvalue weighted by Gasteiger charge is -2.25. The third kappa shape index (κ3) is 6.57. The Morgan fingerprint density at radius 2 is 1.73 bits per heavy atom. The van der Waals surface area contributed by atoms with Crippen LogP contribution in [-0.4, -0.2) is 35.4 Å². The fourth-order valence-corrected chi connectivity index (χ4v) is 3.78. The summed E-state index contributed by atoms with van der Waals surface area (Å²) in [7, 11) is 0. The molecule has 2 N–H and O–H groups in total. The molecule has 2 aromatic carbocycles. The second kappa shape index (κ2) is 11.0. The Hall–Kier alpha value is -3.35. The van der Waals surface area contributed by atoms with Crippen molar-refractivity contribution in [1.29, 1.82) is 0 Å². The summed E-state index contributed by atoms with van der Waals surface area (Å²) in [6, 6.07) is 15.8. The molecule has 1 aliphatic heterocycles. The zero-order valence-corrected chi connectivity index (χ0v) is 19.7. The molecular formula is C26H33N3O4.